The van der Waals surface area contributed by atoms with Crippen molar-refractivity contribution in [2.24, 2.45) is 0 Å². The number of aliphatic hydroxyl groups excluding tert-OH is 1. The van der Waals surface area contributed by atoms with Gasteiger partial charge < -0.3 is 10.0 Å². The van der Waals surface area contributed by atoms with Crippen molar-refractivity contribution in [3.8, 4) is 0 Å². The molecule has 1 N–H and O–H groups in total. The van der Waals surface area contributed by atoms with Gasteiger partial charge in [0.15, 0.2) is 0 Å². The van der Waals surface area contributed by atoms with E-state index in [1.54, 1.807) is 4.90 Å². The molecule has 2 aromatic carbocycles. The van der Waals surface area contributed by atoms with Crippen LogP contribution in [0.5, 0.6) is 0 Å². The molecule has 2 atom stereocenters. The van der Waals surface area contributed by atoms with Crippen molar-refractivity contribution in [1.82, 2.24) is 9.88 Å². The summed E-state index contributed by atoms with van der Waals surface area (Å²) in [5, 5.41) is 11.0. The second kappa shape index (κ2) is 8.38. The molecule has 3 aromatic rings. The fourth-order valence-electron chi connectivity index (χ4n) is 5.65. The van der Waals surface area contributed by atoms with Gasteiger partial charge in [-0.25, -0.2) is 9.37 Å². The van der Waals surface area contributed by atoms with Crippen molar-refractivity contribution < 1.29 is 14.3 Å². The van der Waals surface area contributed by atoms with E-state index < -0.39 is 11.9 Å². The molecular formula is C28H29FN2O2. The Kier molecular flexibility index (Phi) is 5.53. The van der Waals surface area contributed by atoms with Gasteiger partial charge in [0.05, 0.1) is 12.3 Å². The number of benzene rings is 2. The van der Waals surface area contributed by atoms with Crippen LogP contribution in [0.1, 0.15) is 77.0 Å². The van der Waals surface area contributed by atoms with Gasteiger partial charge in [-0.15, -0.1) is 0 Å². The van der Waals surface area contributed by atoms with E-state index in [-0.39, 0.29) is 17.0 Å². The molecule has 0 bridgehead atoms. The minimum atomic E-state index is -0.528. The highest BCUT2D eigenvalue weighted by atomic mass is 19.1. The van der Waals surface area contributed by atoms with Crippen LogP contribution in [0.2, 0.25) is 0 Å². The lowest BCUT2D eigenvalue weighted by atomic mass is 9.80. The molecule has 4 nitrogen and oxygen atoms in total. The van der Waals surface area contributed by atoms with Crippen LogP contribution < -0.4 is 0 Å². The highest BCUT2D eigenvalue weighted by molar-refractivity contribution is 5.92. The number of hydrogen-bond donors (Lipinski definition) is 1. The van der Waals surface area contributed by atoms with Crippen molar-refractivity contribution in [1.29, 1.82) is 0 Å². The lowest BCUT2D eigenvalue weighted by Gasteiger charge is -2.25. The van der Waals surface area contributed by atoms with Crippen LogP contribution in [0.25, 0.3) is 0 Å². The summed E-state index contributed by atoms with van der Waals surface area (Å²) in [6, 6.07) is 17.7. The topological polar surface area (TPSA) is 53.4 Å². The number of carbonyl (C=O) groups is 1. The van der Waals surface area contributed by atoms with Gasteiger partial charge in [-0.05, 0) is 65.1 Å². The number of amides is 1. The van der Waals surface area contributed by atoms with Crippen molar-refractivity contribution in [2.75, 3.05) is 13.1 Å². The monoisotopic (exact) mass is 444 g/mol. The zero-order valence-electron chi connectivity index (χ0n) is 19.1. The Balaban J connectivity index is 1.39. The maximum Gasteiger partial charge on any atom is 0.272 e. The molecule has 5 heteroatoms. The fourth-order valence-corrected chi connectivity index (χ4v) is 5.65. The van der Waals surface area contributed by atoms with E-state index in [0.29, 0.717) is 25.4 Å². The predicted octanol–water partition coefficient (Wildman–Crippen LogP) is 5.16. The van der Waals surface area contributed by atoms with Crippen molar-refractivity contribution in [3.63, 3.8) is 0 Å². The Morgan fingerprint density at radius 1 is 1.21 bits per heavy atom. The maximum absolute atomic E-state index is 13.2. The molecular weight excluding hydrogens is 415 g/mol. The number of fused-ring (bicyclic) bond motifs is 2. The number of nitrogens with zero attached hydrogens (tertiary/aromatic N) is 2. The zero-order chi connectivity index (χ0) is 23.2. The first-order valence-corrected chi connectivity index (χ1v) is 11.7. The molecule has 1 spiro atoms. The summed E-state index contributed by atoms with van der Waals surface area (Å²) in [5.41, 5.74) is 6.03. The first-order valence-electron chi connectivity index (χ1n) is 11.7. The Morgan fingerprint density at radius 2 is 2.03 bits per heavy atom. The zero-order valence-corrected chi connectivity index (χ0v) is 19.1. The van der Waals surface area contributed by atoms with E-state index in [2.05, 4.69) is 61.3 Å². The van der Waals surface area contributed by atoms with Crippen LogP contribution in [-0.4, -0.2) is 34.0 Å². The van der Waals surface area contributed by atoms with E-state index in [4.69, 9.17) is 0 Å². The summed E-state index contributed by atoms with van der Waals surface area (Å²) in [6.07, 6.45) is 2.81. The molecule has 1 aliphatic heterocycles. The van der Waals surface area contributed by atoms with E-state index in [9.17, 15) is 14.3 Å². The summed E-state index contributed by atoms with van der Waals surface area (Å²) >= 11 is 0. The van der Waals surface area contributed by atoms with Crippen LogP contribution in [0.4, 0.5) is 4.39 Å². The van der Waals surface area contributed by atoms with Crippen LogP contribution in [-0.2, 0) is 11.8 Å². The molecule has 2 heterocycles. The maximum atomic E-state index is 13.2. The summed E-state index contributed by atoms with van der Waals surface area (Å²) in [7, 11) is 0. The first-order chi connectivity index (χ1) is 15.9. The summed E-state index contributed by atoms with van der Waals surface area (Å²) in [6.45, 7) is 5.57. The normalized spacial score (nSPS) is 21.7. The van der Waals surface area contributed by atoms with Gasteiger partial charge in [-0.3, -0.25) is 4.79 Å². The molecule has 1 saturated heterocycles. The van der Waals surface area contributed by atoms with Gasteiger partial charge in [-0.1, -0.05) is 56.3 Å². The van der Waals surface area contributed by atoms with Gasteiger partial charge in [0.2, 0.25) is 0 Å². The summed E-state index contributed by atoms with van der Waals surface area (Å²) in [5.74, 6) is -0.178. The number of hydrogen-bond acceptors (Lipinski definition) is 3. The molecule has 170 valence electrons. The average molecular weight is 445 g/mol. The number of aliphatic hydroxyl groups is 1. The number of rotatable bonds is 4. The van der Waals surface area contributed by atoms with Crippen molar-refractivity contribution >= 4 is 5.91 Å². The molecule has 1 amide bonds. The number of carbonyl (C=O) groups excluding carboxylic acids is 1. The van der Waals surface area contributed by atoms with Crippen LogP contribution >= 0.6 is 0 Å². The van der Waals surface area contributed by atoms with Gasteiger partial charge in [0, 0.05) is 18.5 Å². The third-order valence-electron chi connectivity index (χ3n) is 7.29. The second-order valence-electron chi connectivity index (χ2n) is 9.79. The largest absolute Gasteiger partial charge is 0.388 e. The van der Waals surface area contributed by atoms with E-state index in [0.717, 1.165) is 30.2 Å². The standard InChI is InChI=1S/C28H29FN2O2/c1-18(2)22-6-4-3-5-20(22)13-19-7-9-24-23(14-19)26(32)15-28(24)11-12-31(17-28)27(33)25-10-8-21(29)16-30-25/h3-10,14,16,18,26,32H,11-13,15,17H2,1-2H3. The van der Waals surface area contributed by atoms with Crippen molar-refractivity contribution in [2.45, 2.75) is 50.5 Å². The molecule has 2 unspecified atom stereocenters. The summed E-state index contributed by atoms with van der Waals surface area (Å²) < 4.78 is 13.2. The Labute approximate surface area is 194 Å². The highest BCUT2D eigenvalue weighted by Crippen LogP contribution is 2.50. The molecule has 0 saturated carbocycles. The molecule has 33 heavy (non-hydrogen) atoms. The van der Waals surface area contributed by atoms with Crippen molar-refractivity contribution in [3.05, 3.63) is 100 Å². The molecule has 2 aliphatic rings. The average Bonchev–Trinajstić information content (AvgIpc) is 3.35. The minimum absolute atomic E-state index is 0.184. The first kappa shape index (κ1) is 21.8. The molecule has 1 aromatic heterocycles. The number of pyridine rings is 1. The third-order valence-corrected chi connectivity index (χ3v) is 7.29. The predicted molar refractivity (Wildman–Crippen MR) is 126 cm³/mol. The molecule has 5 rings (SSSR count). The summed E-state index contributed by atoms with van der Waals surface area (Å²) in [4.78, 5) is 18.7. The lowest BCUT2D eigenvalue weighted by Crippen LogP contribution is -2.33. The number of aromatic nitrogens is 1. The fraction of sp³-hybridized carbons (Fsp3) is 0.357. The molecule has 1 fully saturated rings. The van der Waals surface area contributed by atoms with Crippen LogP contribution in [0, 0.1) is 5.82 Å². The molecule has 1 aliphatic carbocycles. The number of halogens is 1. The second-order valence-corrected chi connectivity index (χ2v) is 9.79. The van der Waals surface area contributed by atoms with Gasteiger partial charge in [-0.2, -0.15) is 0 Å². The SMILES string of the molecule is CC(C)c1ccccc1Cc1ccc2c(c1)C(O)CC21CCN(C(=O)c2ccc(F)cn2)C1. The van der Waals surface area contributed by atoms with Gasteiger partial charge >= 0.3 is 0 Å². The Bertz CT molecular complexity index is 1190. The Morgan fingerprint density at radius 3 is 2.79 bits per heavy atom. The van der Waals surface area contributed by atoms with Gasteiger partial charge in [0.1, 0.15) is 11.5 Å². The molecule has 0 radical (unpaired) electrons. The minimum Gasteiger partial charge on any atom is -0.388 e. The smallest absolute Gasteiger partial charge is 0.272 e. The van der Waals surface area contributed by atoms with E-state index in [1.807, 2.05) is 0 Å². The Hall–Kier alpha value is -3.05. The number of likely N-dealkylation sites (tertiary alicyclic amines) is 1. The van der Waals surface area contributed by atoms with E-state index in [1.165, 1.54) is 28.8 Å². The lowest BCUT2D eigenvalue weighted by molar-refractivity contribution is 0.0770. The van der Waals surface area contributed by atoms with Crippen LogP contribution in [0.15, 0.2) is 60.8 Å². The van der Waals surface area contributed by atoms with E-state index >= 15 is 0 Å². The van der Waals surface area contributed by atoms with Crippen LogP contribution in [0.3, 0.4) is 0 Å². The quantitative estimate of drug-likeness (QED) is 0.605. The van der Waals surface area contributed by atoms with Gasteiger partial charge in [0.25, 0.3) is 5.91 Å². The third kappa shape index (κ3) is 3.95. The highest BCUT2D eigenvalue weighted by Gasteiger charge is 2.48.